The summed E-state index contributed by atoms with van der Waals surface area (Å²) in [4.78, 5) is 16.6. The molecule has 0 aliphatic heterocycles. The van der Waals surface area contributed by atoms with Gasteiger partial charge in [-0.2, -0.15) is 0 Å². The molecule has 5 heteroatoms. The number of pyridine rings is 1. The first kappa shape index (κ1) is 12.7. The van der Waals surface area contributed by atoms with Crippen LogP contribution in [-0.2, 0) is 0 Å². The quantitative estimate of drug-likeness (QED) is 0.922. The number of H-pyrrole nitrogens is 1. The highest BCUT2D eigenvalue weighted by Gasteiger charge is 2.24. The van der Waals surface area contributed by atoms with Crippen LogP contribution in [0.15, 0.2) is 27.6 Å². The van der Waals surface area contributed by atoms with Crippen molar-refractivity contribution in [3.05, 3.63) is 44.4 Å². The third-order valence-corrected chi connectivity index (χ3v) is 4.52. The van der Waals surface area contributed by atoms with E-state index in [0.717, 1.165) is 24.1 Å². The van der Waals surface area contributed by atoms with Gasteiger partial charge in [0.15, 0.2) is 5.82 Å². The Bertz CT molecular complexity index is 653. The Hall–Kier alpha value is -1.36. The van der Waals surface area contributed by atoms with Gasteiger partial charge in [0.25, 0.3) is 5.56 Å². The molecule has 2 heterocycles. The SMILES string of the molecule is Cc1ccnc(-n2[nH]c(C3CCCC3)c(Br)c2=O)c1. The fraction of sp³-hybridized carbons (Fsp3) is 0.429. The Kier molecular flexibility index (Phi) is 3.31. The number of hydrogen-bond donors (Lipinski definition) is 1. The monoisotopic (exact) mass is 321 g/mol. The van der Waals surface area contributed by atoms with Gasteiger partial charge in [-0.05, 0) is 53.4 Å². The molecule has 19 heavy (non-hydrogen) atoms. The molecule has 2 aromatic rings. The zero-order chi connectivity index (χ0) is 13.4. The molecule has 1 fully saturated rings. The Labute approximate surface area is 120 Å². The van der Waals surface area contributed by atoms with Crippen molar-refractivity contribution in [2.45, 2.75) is 38.5 Å². The van der Waals surface area contributed by atoms with E-state index in [4.69, 9.17) is 0 Å². The standard InChI is InChI=1S/C14H16BrN3O/c1-9-6-7-16-11(8-9)18-14(19)12(15)13(17-18)10-4-2-3-5-10/h6-8,10,17H,2-5H2,1H3. The van der Waals surface area contributed by atoms with Gasteiger partial charge in [-0.25, -0.2) is 9.67 Å². The molecular weight excluding hydrogens is 306 g/mol. The van der Waals surface area contributed by atoms with Crippen molar-refractivity contribution in [2.24, 2.45) is 0 Å². The first-order valence-corrected chi connectivity index (χ1v) is 7.39. The summed E-state index contributed by atoms with van der Waals surface area (Å²) in [6, 6.07) is 3.83. The second kappa shape index (κ2) is 4.96. The van der Waals surface area contributed by atoms with E-state index in [-0.39, 0.29) is 5.56 Å². The molecule has 100 valence electrons. The highest BCUT2D eigenvalue weighted by Crippen LogP contribution is 2.35. The smallest absolute Gasteiger partial charge is 0.287 e. The topological polar surface area (TPSA) is 50.7 Å². The number of nitrogens with one attached hydrogen (secondary N) is 1. The second-order valence-electron chi connectivity index (χ2n) is 5.15. The largest absolute Gasteiger partial charge is 0.292 e. The van der Waals surface area contributed by atoms with Gasteiger partial charge in [0.2, 0.25) is 0 Å². The third kappa shape index (κ3) is 2.27. The molecule has 0 atom stereocenters. The average Bonchev–Trinajstić information content (AvgIpc) is 3.00. The van der Waals surface area contributed by atoms with Crippen molar-refractivity contribution in [3.8, 4) is 5.82 Å². The number of hydrogen-bond acceptors (Lipinski definition) is 2. The Morgan fingerprint density at radius 3 is 2.84 bits per heavy atom. The van der Waals surface area contributed by atoms with Crippen LogP contribution in [0.4, 0.5) is 0 Å². The van der Waals surface area contributed by atoms with Crippen molar-refractivity contribution in [3.63, 3.8) is 0 Å². The Morgan fingerprint density at radius 2 is 2.16 bits per heavy atom. The van der Waals surface area contributed by atoms with Crippen LogP contribution in [0.5, 0.6) is 0 Å². The molecule has 3 rings (SSSR count). The second-order valence-corrected chi connectivity index (χ2v) is 5.95. The lowest BCUT2D eigenvalue weighted by molar-refractivity contribution is 0.671. The van der Waals surface area contributed by atoms with Crippen LogP contribution in [0.2, 0.25) is 0 Å². The number of nitrogens with zero attached hydrogens (tertiary/aromatic N) is 2. The summed E-state index contributed by atoms with van der Waals surface area (Å²) in [5.74, 6) is 1.11. The van der Waals surface area contributed by atoms with E-state index >= 15 is 0 Å². The number of aryl methyl sites for hydroxylation is 1. The maximum Gasteiger partial charge on any atom is 0.287 e. The average molecular weight is 322 g/mol. The van der Waals surface area contributed by atoms with Gasteiger partial charge < -0.3 is 0 Å². The zero-order valence-electron chi connectivity index (χ0n) is 10.8. The van der Waals surface area contributed by atoms with Gasteiger partial charge in [0, 0.05) is 12.1 Å². The van der Waals surface area contributed by atoms with Gasteiger partial charge in [-0.3, -0.25) is 9.89 Å². The number of aromatic amines is 1. The van der Waals surface area contributed by atoms with Crippen molar-refractivity contribution in [1.82, 2.24) is 14.8 Å². The summed E-state index contributed by atoms with van der Waals surface area (Å²) in [6.07, 6.45) is 6.51. The zero-order valence-corrected chi connectivity index (χ0v) is 12.4. The maximum atomic E-state index is 12.3. The van der Waals surface area contributed by atoms with E-state index in [2.05, 4.69) is 26.0 Å². The molecule has 0 aromatic carbocycles. The first-order chi connectivity index (χ1) is 9.16. The van der Waals surface area contributed by atoms with Crippen LogP contribution in [0, 0.1) is 6.92 Å². The van der Waals surface area contributed by atoms with E-state index in [1.807, 2.05) is 19.1 Å². The van der Waals surface area contributed by atoms with Crippen LogP contribution < -0.4 is 5.56 Å². The minimum Gasteiger partial charge on any atom is -0.292 e. The molecule has 1 saturated carbocycles. The molecule has 1 aliphatic carbocycles. The molecule has 0 spiro atoms. The summed E-state index contributed by atoms with van der Waals surface area (Å²) < 4.78 is 2.19. The third-order valence-electron chi connectivity index (χ3n) is 3.75. The Balaban J connectivity index is 2.08. The van der Waals surface area contributed by atoms with Gasteiger partial charge >= 0.3 is 0 Å². The summed E-state index contributed by atoms with van der Waals surface area (Å²) >= 11 is 3.43. The van der Waals surface area contributed by atoms with Gasteiger partial charge in [-0.15, -0.1) is 0 Å². The normalized spacial score (nSPS) is 16.1. The van der Waals surface area contributed by atoms with E-state index in [0.29, 0.717) is 16.2 Å². The first-order valence-electron chi connectivity index (χ1n) is 6.60. The van der Waals surface area contributed by atoms with Crippen molar-refractivity contribution in [1.29, 1.82) is 0 Å². The van der Waals surface area contributed by atoms with Crippen LogP contribution in [0.3, 0.4) is 0 Å². The molecule has 0 unspecified atom stereocenters. The fourth-order valence-corrected chi connectivity index (χ4v) is 3.31. The summed E-state index contributed by atoms with van der Waals surface area (Å²) in [7, 11) is 0. The summed E-state index contributed by atoms with van der Waals surface area (Å²) in [6.45, 7) is 1.99. The molecule has 4 nitrogen and oxygen atoms in total. The minimum absolute atomic E-state index is 0.0556. The van der Waals surface area contributed by atoms with E-state index in [1.165, 1.54) is 17.5 Å². The number of halogens is 1. The lowest BCUT2D eigenvalue weighted by Gasteiger charge is -2.06. The molecule has 1 N–H and O–H groups in total. The van der Waals surface area contributed by atoms with Gasteiger partial charge in [0.05, 0.1) is 5.69 Å². The molecule has 0 saturated heterocycles. The van der Waals surface area contributed by atoms with Gasteiger partial charge in [-0.1, -0.05) is 12.8 Å². The minimum atomic E-state index is -0.0556. The van der Waals surface area contributed by atoms with Gasteiger partial charge in [0.1, 0.15) is 4.47 Å². The molecular formula is C14H16BrN3O. The van der Waals surface area contributed by atoms with Crippen LogP contribution in [0.25, 0.3) is 5.82 Å². The van der Waals surface area contributed by atoms with Crippen LogP contribution in [-0.4, -0.2) is 14.8 Å². The van der Waals surface area contributed by atoms with Crippen molar-refractivity contribution < 1.29 is 0 Å². The summed E-state index contributed by atoms with van der Waals surface area (Å²) in [5.41, 5.74) is 2.05. The van der Waals surface area contributed by atoms with E-state index in [9.17, 15) is 4.79 Å². The molecule has 0 bridgehead atoms. The highest BCUT2D eigenvalue weighted by molar-refractivity contribution is 9.10. The lowest BCUT2D eigenvalue weighted by atomic mass is 10.1. The van der Waals surface area contributed by atoms with Crippen molar-refractivity contribution >= 4 is 15.9 Å². The number of rotatable bonds is 2. The van der Waals surface area contributed by atoms with Crippen molar-refractivity contribution in [2.75, 3.05) is 0 Å². The summed E-state index contributed by atoms with van der Waals surface area (Å²) in [5, 5.41) is 3.23. The van der Waals surface area contributed by atoms with E-state index < -0.39 is 0 Å². The molecule has 0 radical (unpaired) electrons. The van der Waals surface area contributed by atoms with Crippen LogP contribution in [0.1, 0.15) is 42.9 Å². The predicted molar refractivity (Wildman–Crippen MR) is 77.8 cm³/mol. The molecule has 2 aromatic heterocycles. The Morgan fingerprint density at radius 1 is 1.42 bits per heavy atom. The molecule has 0 amide bonds. The molecule has 1 aliphatic rings. The van der Waals surface area contributed by atoms with E-state index in [1.54, 1.807) is 6.20 Å². The van der Waals surface area contributed by atoms with Crippen LogP contribution >= 0.6 is 15.9 Å². The fourth-order valence-electron chi connectivity index (χ4n) is 2.72. The predicted octanol–water partition coefficient (Wildman–Crippen LogP) is 3.29. The number of aromatic nitrogens is 3. The maximum absolute atomic E-state index is 12.3. The lowest BCUT2D eigenvalue weighted by Crippen LogP contribution is -2.15. The highest BCUT2D eigenvalue weighted by atomic mass is 79.9.